The highest BCUT2D eigenvalue weighted by molar-refractivity contribution is 6.32. The van der Waals surface area contributed by atoms with E-state index in [1.165, 1.54) is 12.3 Å². The van der Waals surface area contributed by atoms with Crippen LogP contribution in [-0.4, -0.2) is 22.4 Å². The summed E-state index contributed by atoms with van der Waals surface area (Å²) < 4.78 is 0. The van der Waals surface area contributed by atoms with E-state index in [2.05, 4.69) is 10.5 Å². The monoisotopic (exact) mass is 273 g/mol. The van der Waals surface area contributed by atoms with E-state index in [4.69, 9.17) is 16.4 Å². The third-order valence-corrected chi connectivity index (χ3v) is 2.16. The number of nitrogens with zero attached hydrogens (tertiary/aromatic N) is 2. The maximum Gasteiger partial charge on any atom is 0.319 e. The Labute approximate surface area is 108 Å². The van der Waals surface area contributed by atoms with Gasteiger partial charge in [-0.3, -0.25) is 19.7 Å². The minimum atomic E-state index is -0.757. The van der Waals surface area contributed by atoms with Gasteiger partial charge in [0.1, 0.15) is 5.56 Å². The normalized spacial score (nSPS) is 10.4. The van der Waals surface area contributed by atoms with Gasteiger partial charge in [0.05, 0.1) is 11.5 Å². The SMILES string of the molecule is CC(C)CONC(=O)c1ccnc(Cl)c1[N+](=O)[O-]. The third kappa shape index (κ3) is 3.64. The highest BCUT2D eigenvalue weighted by Crippen LogP contribution is 2.25. The molecule has 1 aromatic heterocycles. The summed E-state index contributed by atoms with van der Waals surface area (Å²) in [6.45, 7) is 4.11. The molecule has 1 aromatic rings. The van der Waals surface area contributed by atoms with E-state index < -0.39 is 16.5 Å². The molecule has 1 heterocycles. The van der Waals surface area contributed by atoms with Crippen LogP contribution in [0.15, 0.2) is 12.3 Å². The Morgan fingerprint density at radius 1 is 1.67 bits per heavy atom. The van der Waals surface area contributed by atoms with E-state index >= 15 is 0 Å². The molecular weight excluding hydrogens is 262 g/mol. The van der Waals surface area contributed by atoms with Crippen LogP contribution in [0.5, 0.6) is 0 Å². The summed E-state index contributed by atoms with van der Waals surface area (Å²) in [6.07, 6.45) is 1.21. The largest absolute Gasteiger partial charge is 0.319 e. The number of aromatic nitrogens is 1. The Balaban J connectivity index is 2.86. The van der Waals surface area contributed by atoms with Gasteiger partial charge in [-0.1, -0.05) is 25.4 Å². The van der Waals surface area contributed by atoms with Gasteiger partial charge in [0, 0.05) is 6.20 Å². The van der Waals surface area contributed by atoms with E-state index in [1.807, 2.05) is 13.8 Å². The number of hydrogen-bond donors (Lipinski definition) is 1. The van der Waals surface area contributed by atoms with Crippen LogP contribution in [0, 0.1) is 16.0 Å². The van der Waals surface area contributed by atoms with E-state index in [9.17, 15) is 14.9 Å². The quantitative estimate of drug-likeness (QED) is 0.503. The molecule has 0 saturated carbocycles. The zero-order valence-corrected chi connectivity index (χ0v) is 10.6. The van der Waals surface area contributed by atoms with Crippen molar-refractivity contribution in [2.24, 2.45) is 5.92 Å². The minimum Gasteiger partial charge on any atom is -0.273 e. The first-order valence-corrected chi connectivity index (χ1v) is 5.52. The van der Waals surface area contributed by atoms with Crippen molar-refractivity contribution in [1.82, 2.24) is 10.5 Å². The van der Waals surface area contributed by atoms with Gasteiger partial charge in [-0.05, 0) is 12.0 Å². The van der Waals surface area contributed by atoms with Gasteiger partial charge in [-0.25, -0.2) is 10.5 Å². The molecule has 0 aliphatic rings. The average Bonchev–Trinajstić information content (AvgIpc) is 2.27. The van der Waals surface area contributed by atoms with Crippen LogP contribution in [0.25, 0.3) is 0 Å². The van der Waals surface area contributed by atoms with Crippen molar-refractivity contribution in [3.05, 3.63) is 33.1 Å². The molecule has 0 aliphatic carbocycles. The second kappa shape index (κ2) is 6.27. The molecule has 0 aliphatic heterocycles. The summed E-state index contributed by atoms with van der Waals surface area (Å²) in [7, 11) is 0. The lowest BCUT2D eigenvalue weighted by molar-refractivity contribution is -0.385. The molecule has 0 radical (unpaired) electrons. The number of rotatable bonds is 5. The number of carbonyl (C=O) groups is 1. The number of nitro groups is 1. The van der Waals surface area contributed by atoms with Gasteiger partial charge in [0.15, 0.2) is 0 Å². The maximum atomic E-state index is 11.7. The second-order valence-corrected chi connectivity index (χ2v) is 4.25. The van der Waals surface area contributed by atoms with Crippen molar-refractivity contribution >= 4 is 23.2 Å². The number of nitrogens with one attached hydrogen (secondary N) is 1. The number of amides is 1. The van der Waals surface area contributed by atoms with Gasteiger partial charge in [0.2, 0.25) is 5.15 Å². The number of halogens is 1. The first-order chi connectivity index (χ1) is 8.43. The lowest BCUT2D eigenvalue weighted by Gasteiger charge is -2.08. The Morgan fingerprint density at radius 2 is 2.33 bits per heavy atom. The van der Waals surface area contributed by atoms with Crippen LogP contribution >= 0.6 is 11.6 Å². The van der Waals surface area contributed by atoms with Crippen LogP contribution in [0.3, 0.4) is 0 Å². The maximum absolute atomic E-state index is 11.7. The fourth-order valence-electron chi connectivity index (χ4n) is 1.11. The van der Waals surface area contributed by atoms with Gasteiger partial charge < -0.3 is 0 Å². The van der Waals surface area contributed by atoms with Crippen molar-refractivity contribution in [3.8, 4) is 0 Å². The zero-order chi connectivity index (χ0) is 13.7. The van der Waals surface area contributed by atoms with Crippen molar-refractivity contribution in [2.75, 3.05) is 6.61 Å². The molecule has 0 spiro atoms. The Hall–Kier alpha value is -1.73. The molecule has 8 heteroatoms. The first kappa shape index (κ1) is 14.3. The molecule has 0 fully saturated rings. The van der Waals surface area contributed by atoms with Gasteiger partial charge in [0.25, 0.3) is 5.91 Å². The van der Waals surface area contributed by atoms with Crippen LogP contribution < -0.4 is 5.48 Å². The Kier molecular flexibility index (Phi) is 4.99. The number of carbonyl (C=O) groups excluding carboxylic acids is 1. The topological polar surface area (TPSA) is 94.4 Å². The smallest absolute Gasteiger partial charge is 0.273 e. The fraction of sp³-hybridized carbons (Fsp3) is 0.400. The Morgan fingerprint density at radius 3 is 2.89 bits per heavy atom. The molecule has 0 bridgehead atoms. The highest BCUT2D eigenvalue weighted by Gasteiger charge is 2.24. The summed E-state index contributed by atoms with van der Waals surface area (Å²) >= 11 is 5.58. The number of hydrogen-bond acceptors (Lipinski definition) is 5. The van der Waals surface area contributed by atoms with Crippen LogP contribution in [-0.2, 0) is 4.84 Å². The highest BCUT2D eigenvalue weighted by atomic mass is 35.5. The lowest BCUT2D eigenvalue weighted by atomic mass is 10.2. The van der Waals surface area contributed by atoms with Gasteiger partial charge >= 0.3 is 5.69 Å². The molecular formula is C10H12ClN3O4. The summed E-state index contributed by atoms with van der Waals surface area (Å²) in [6, 6.07) is 1.21. The summed E-state index contributed by atoms with van der Waals surface area (Å²) in [5.74, 6) is -0.507. The average molecular weight is 274 g/mol. The lowest BCUT2D eigenvalue weighted by Crippen LogP contribution is -2.26. The van der Waals surface area contributed by atoms with Crippen LogP contribution in [0.2, 0.25) is 5.15 Å². The summed E-state index contributed by atoms with van der Waals surface area (Å²) in [5, 5.41) is 10.5. The molecule has 1 N–H and O–H groups in total. The van der Waals surface area contributed by atoms with E-state index in [0.717, 1.165) is 0 Å². The van der Waals surface area contributed by atoms with Gasteiger partial charge in [-0.15, -0.1) is 0 Å². The second-order valence-electron chi connectivity index (χ2n) is 3.89. The van der Waals surface area contributed by atoms with Crippen LogP contribution in [0.4, 0.5) is 5.69 Å². The van der Waals surface area contributed by atoms with Gasteiger partial charge in [-0.2, -0.15) is 0 Å². The van der Waals surface area contributed by atoms with E-state index in [0.29, 0.717) is 6.61 Å². The molecule has 18 heavy (non-hydrogen) atoms. The molecule has 0 aromatic carbocycles. The van der Waals surface area contributed by atoms with Crippen molar-refractivity contribution in [3.63, 3.8) is 0 Å². The zero-order valence-electron chi connectivity index (χ0n) is 9.84. The van der Waals surface area contributed by atoms with E-state index in [1.54, 1.807) is 0 Å². The van der Waals surface area contributed by atoms with Crippen molar-refractivity contribution < 1.29 is 14.6 Å². The molecule has 0 atom stereocenters. The first-order valence-electron chi connectivity index (χ1n) is 5.14. The minimum absolute atomic E-state index is 0.191. The summed E-state index contributed by atoms with van der Waals surface area (Å²) in [5.41, 5.74) is 1.39. The van der Waals surface area contributed by atoms with Crippen molar-refractivity contribution in [2.45, 2.75) is 13.8 Å². The molecule has 0 unspecified atom stereocenters. The molecule has 1 rings (SSSR count). The Bertz CT molecular complexity index is 464. The molecule has 7 nitrogen and oxygen atoms in total. The molecule has 98 valence electrons. The number of pyridine rings is 1. The predicted octanol–water partition coefficient (Wildman–Crippen LogP) is 1.96. The van der Waals surface area contributed by atoms with E-state index in [-0.39, 0.29) is 16.6 Å². The predicted molar refractivity (Wildman–Crippen MR) is 64.2 cm³/mol. The molecule has 0 saturated heterocycles. The third-order valence-electron chi connectivity index (χ3n) is 1.89. The van der Waals surface area contributed by atoms with Crippen LogP contribution in [0.1, 0.15) is 24.2 Å². The fourth-order valence-corrected chi connectivity index (χ4v) is 1.34. The standard InChI is InChI=1S/C10H12ClN3O4/c1-6(2)5-18-13-10(15)7-3-4-12-9(11)8(7)14(16)17/h3-4,6H,5H2,1-2H3,(H,13,15). The summed E-state index contributed by atoms with van der Waals surface area (Å²) in [4.78, 5) is 30.2. The molecule has 1 amide bonds. The number of hydroxylamine groups is 1. The van der Waals surface area contributed by atoms with Crippen molar-refractivity contribution in [1.29, 1.82) is 0 Å².